The number of H-pyrrole nitrogens is 1. The highest BCUT2D eigenvalue weighted by Crippen LogP contribution is 2.25. The van der Waals surface area contributed by atoms with Gasteiger partial charge in [-0.1, -0.05) is 30.0 Å². The van der Waals surface area contributed by atoms with Gasteiger partial charge in [0.15, 0.2) is 0 Å². The fourth-order valence-corrected chi connectivity index (χ4v) is 3.56. The lowest BCUT2D eigenvalue weighted by atomic mass is 10.2. The van der Waals surface area contributed by atoms with Crippen LogP contribution in [0.2, 0.25) is 0 Å². The lowest BCUT2D eigenvalue weighted by Gasteiger charge is -2.23. The molecule has 2 aromatic rings. The fraction of sp³-hybridized carbons (Fsp3) is 0.438. The highest BCUT2D eigenvalue weighted by Gasteiger charge is 2.30. The molecule has 0 radical (unpaired) electrons. The van der Waals surface area contributed by atoms with Gasteiger partial charge in [0.25, 0.3) is 0 Å². The summed E-state index contributed by atoms with van der Waals surface area (Å²) in [4.78, 5) is 18.6. The van der Waals surface area contributed by atoms with E-state index in [0.29, 0.717) is 17.0 Å². The minimum absolute atomic E-state index is 0.0320. The molecule has 0 spiro atoms. The quantitative estimate of drug-likeness (QED) is 0.820. The van der Waals surface area contributed by atoms with Crippen LogP contribution in [0.1, 0.15) is 19.2 Å². The highest BCUT2D eigenvalue weighted by molar-refractivity contribution is 7.99. The maximum atomic E-state index is 12.1. The van der Waals surface area contributed by atoms with Crippen LogP contribution in [0.15, 0.2) is 35.5 Å². The summed E-state index contributed by atoms with van der Waals surface area (Å²) < 4.78 is 0. The summed E-state index contributed by atoms with van der Waals surface area (Å²) in [6.45, 7) is 4.89. The van der Waals surface area contributed by atoms with Crippen LogP contribution in [-0.2, 0) is 4.79 Å². The monoisotopic (exact) mass is 331 g/mol. The molecule has 1 saturated heterocycles. The van der Waals surface area contributed by atoms with Crippen LogP contribution in [0.4, 0.5) is 5.69 Å². The summed E-state index contributed by atoms with van der Waals surface area (Å²) in [5.41, 5.74) is 1.21. The largest absolute Gasteiger partial charge is 0.367 e. The van der Waals surface area contributed by atoms with Crippen molar-refractivity contribution in [1.29, 1.82) is 0 Å². The molecule has 6 nitrogen and oxygen atoms in total. The molecule has 1 aromatic carbocycles. The highest BCUT2D eigenvalue weighted by atomic mass is 32.2. The minimum atomic E-state index is 0.0320. The van der Waals surface area contributed by atoms with Crippen LogP contribution >= 0.6 is 11.8 Å². The van der Waals surface area contributed by atoms with Crippen molar-refractivity contribution in [2.24, 2.45) is 0 Å². The first kappa shape index (κ1) is 15.9. The van der Waals surface area contributed by atoms with Crippen molar-refractivity contribution in [3.8, 4) is 0 Å². The van der Waals surface area contributed by atoms with Gasteiger partial charge in [-0.05, 0) is 32.4 Å². The van der Waals surface area contributed by atoms with Crippen molar-refractivity contribution in [2.45, 2.75) is 37.5 Å². The lowest BCUT2D eigenvalue weighted by Crippen LogP contribution is -2.38. The molecule has 2 heterocycles. The number of benzene rings is 1. The number of rotatable bonds is 5. The van der Waals surface area contributed by atoms with Crippen molar-refractivity contribution < 1.29 is 4.79 Å². The molecule has 0 bridgehead atoms. The first-order valence-electron chi connectivity index (χ1n) is 7.74. The molecule has 1 aliphatic rings. The van der Waals surface area contributed by atoms with Gasteiger partial charge in [0.2, 0.25) is 11.1 Å². The number of carbonyl (C=O) groups excluding carboxylic acids is 1. The third-order valence-corrected chi connectivity index (χ3v) is 4.78. The third-order valence-electron chi connectivity index (χ3n) is 3.94. The van der Waals surface area contributed by atoms with Gasteiger partial charge in [-0.2, -0.15) is 0 Å². The van der Waals surface area contributed by atoms with Gasteiger partial charge in [-0.15, -0.1) is 5.10 Å². The Bertz CT molecular complexity index is 660. The number of aryl methyl sites for hydroxylation is 1. The van der Waals surface area contributed by atoms with Gasteiger partial charge in [-0.3, -0.25) is 9.89 Å². The first-order valence-corrected chi connectivity index (χ1v) is 8.73. The predicted octanol–water partition coefficient (Wildman–Crippen LogP) is 1.99. The number of aromatic nitrogens is 3. The van der Waals surface area contributed by atoms with Crippen LogP contribution in [0, 0.1) is 6.92 Å². The average Bonchev–Trinajstić information content (AvgIpc) is 3.12. The number of para-hydroxylation sites is 1. The number of nitrogens with zero attached hydrogens (tertiary/aromatic N) is 3. The van der Waals surface area contributed by atoms with E-state index < -0.39 is 0 Å². The zero-order valence-electron chi connectivity index (χ0n) is 13.3. The summed E-state index contributed by atoms with van der Waals surface area (Å²) in [7, 11) is 0. The molecule has 23 heavy (non-hydrogen) atoms. The summed E-state index contributed by atoms with van der Waals surface area (Å²) >= 11 is 1.35. The maximum Gasteiger partial charge on any atom is 0.230 e. The van der Waals surface area contributed by atoms with Crippen LogP contribution in [-0.4, -0.2) is 45.5 Å². The van der Waals surface area contributed by atoms with Crippen molar-refractivity contribution in [3.63, 3.8) is 0 Å². The van der Waals surface area contributed by atoms with Gasteiger partial charge in [-0.25, -0.2) is 4.98 Å². The van der Waals surface area contributed by atoms with Crippen LogP contribution in [0.25, 0.3) is 0 Å². The zero-order chi connectivity index (χ0) is 16.2. The van der Waals surface area contributed by atoms with Crippen molar-refractivity contribution in [3.05, 3.63) is 36.2 Å². The number of thioether (sulfide) groups is 1. The van der Waals surface area contributed by atoms with Crippen LogP contribution < -0.4 is 10.2 Å². The molecule has 1 aromatic heterocycles. The smallest absolute Gasteiger partial charge is 0.230 e. The van der Waals surface area contributed by atoms with Crippen LogP contribution in [0.5, 0.6) is 0 Å². The van der Waals surface area contributed by atoms with Gasteiger partial charge < -0.3 is 10.2 Å². The van der Waals surface area contributed by atoms with Crippen LogP contribution in [0.3, 0.4) is 0 Å². The molecule has 2 N–H and O–H groups in total. The molecule has 1 aliphatic heterocycles. The molecular weight excluding hydrogens is 310 g/mol. The SMILES string of the molecule is Cc1nc(SCC(=O)N[C@@H]2C[C@@H](C)N(c3ccccc3)C2)n[nH]1. The maximum absolute atomic E-state index is 12.1. The molecule has 0 unspecified atom stereocenters. The van der Waals surface area contributed by atoms with E-state index in [-0.39, 0.29) is 11.9 Å². The zero-order valence-corrected chi connectivity index (χ0v) is 14.1. The van der Waals surface area contributed by atoms with Crippen molar-refractivity contribution in [1.82, 2.24) is 20.5 Å². The van der Waals surface area contributed by atoms with E-state index in [2.05, 4.69) is 44.5 Å². The fourth-order valence-electron chi connectivity index (χ4n) is 2.90. The molecule has 0 aliphatic carbocycles. The summed E-state index contributed by atoms with van der Waals surface area (Å²) in [6.07, 6.45) is 0.963. The molecule has 122 valence electrons. The van der Waals surface area contributed by atoms with Crippen molar-refractivity contribution in [2.75, 3.05) is 17.2 Å². The number of carbonyl (C=O) groups is 1. The second kappa shape index (κ2) is 7.04. The molecule has 1 amide bonds. The first-order chi connectivity index (χ1) is 11.1. The molecule has 2 atom stereocenters. The Kier molecular flexibility index (Phi) is 4.85. The second-order valence-electron chi connectivity index (χ2n) is 5.83. The molecule has 3 rings (SSSR count). The normalized spacial score (nSPS) is 20.7. The third kappa shape index (κ3) is 4.04. The van der Waals surface area contributed by atoms with E-state index in [9.17, 15) is 4.79 Å². The van der Waals surface area contributed by atoms with E-state index >= 15 is 0 Å². The van der Waals surface area contributed by atoms with Gasteiger partial charge in [0, 0.05) is 24.3 Å². The lowest BCUT2D eigenvalue weighted by molar-refractivity contribution is -0.119. The van der Waals surface area contributed by atoms with E-state index in [1.165, 1.54) is 17.4 Å². The number of aromatic amines is 1. The topological polar surface area (TPSA) is 73.9 Å². The van der Waals surface area contributed by atoms with Gasteiger partial charge >= 0.3 is 0 Å². The van der Waals surface area contributed by atoms with E-state index in [1.807, 2.05) is 25.1 Å². The minimum Gasteiger partial charge on any atom is -0.367 e. The Morgan fingerprint density at radius 2 is 2.22 bits per heavy atom. The second-order valence-corrected chi connectivity index (χ2v) is 6.77. The molecular formula is C16H21N5OS. The Labute approximate surface area is 140 Å². The van der Waals surface area contributed by atoms with Gasteiger partial charge in [0.05, 0.1) is 5.75 Å². The Morgan fingerprint density at radius 1 is 1.43 bits per heavy atom. The summed E-state index contributed by atoms with van der Waals surface area (Å²) in [6, 6.07) is 10.9. The Hall–Kier alpha value is -2.02. The number of anilines is 1. The predicted molar refractivity (Wildman–Crippen MR) is 91.6 cm³/mol. The Morgan fingerprint density at radius 3 is 2.91 bits per heavy atom. The Balaban J connectivity index is 1.50. The number of hydrogen-bond acceptors (Lipinski definition) is 5. The average molecular weight is 331 g/mol. The van der Waals surface area contributed by atoms with E-state index in [1.54, 1.807) is 0 Å². The molecule has 7 heteroatoms. The molecule has 0 saturated carbocycles. The molecule has 1 fully saturated rings. The number of nitrogens with one attached hydrogen (secondary N) is 2. The number of amides is 1. The summed E-state index contributed by atoms with van der Waals surface area (Å²) in [5, 5.41) is 10.5. The number of hydrogen-bond donors (Lipinski definition) is 2. The standard InChI is InChI=1S/C16H21N5OS/c1-11-8-13(9-21(11)14-6-4-3-5-7-14)18-15(22)10-23-16-17-12(2)19-20-16/h3-7,11,13H,8-10H2,1-2H3,(H,18,22)(H,17,19,20)/t11-,13-/m1/s1. The van der Waals surface area contributed by atoms with E-state index in [0.717, 1.165) is 18.8 Å². The summed E-state index contributed by atoms with van der Waals surface area (Å²) in [5.74, 6) is 1.13. The van der Waals surface area contributed by atoms with Gasteiger partial charge in [0.1, 0.15) is 5.82 Å². The van der Waals surface area contributed by atoms with Crippen molar-refractivity contribution >= 4 is 23.4 Å². The van der Waals surface area contributed by atoms with E-state index in [4.69, 9.17) is 0 Å².